The molecule has 2 aromatic rings. The number of nitrogens with one attached hydrogen (secondary N) is 1. The number of carbonyl (C=O) groups excluding carboxylic acids is 1. The van der Waals surface area contributed by atoms with Gasteiger partial charge >= 0.3 is 0 Å². The Balaban J connectivity index is 1.75. The topological polar surface area (TPSA) is 119 Å². The average Bonchev–Trinajstić information content (AvgIpc) is 3.12. The summed E-state index contributed by atoms with van der Waals surface area (Å²) in [4.78, 5) is 29.3. The van der Waals surface area contributed by atoms with Gasteiger partial charge in [-0.1, -0.05) is 13.8 Å². The van der Waals surface area contributed by atoms with Crippen molar-refractivity contribution < 1.29 is 14.3 Å². The van der Waals surface area contributed by atoms with Crippen molar-refractivity contribution in [3.63, 3.8) is 0 Å². The maximum absolute atomic E-state index is 12.7. The third-order valence-corrected chi connectivity index (χ3v) is 5.96. The van der Waals surface area contributed by atoms with Crippen LogP contribution in [0.1, 0.15) is 32.3 Å². The molecule has 0 fully saturated rings. The number of hydrogen-bond donors (Lipinski definition) is 2. The van der Waals surface area contributed by atoms with Gasteiger partial charge in [-0.15, -0.1) is 0 Å². The molecule has 0 bridgehead atoms. The molecule has 4 rings (SSSR count). The fourth-order valence-corrected chi connectivity index (χ4v) is 4.36. The molecule has 0 aliphatic carbocycles. The number of aromatic hydroxyl groups is 1. The number of thioether (sulfide) groups is 1. The highest BCUT2D eigenvalue weighted by Crippen LogP contribution is 2.32. The van der Waals surface area contributed by atoms with E-state index in [-0.39, 0.29) is 34.0 Å². The predicted octanol–water partition coefficient (Wildman–Crippen LogP) is 3.55. The molecule has 9 heteroatoms. The Kier molecular flexibility index (Phi) is 4.83. The number of hydrazone groups is 1. The highest BCUT2D eigenvalue weighted by atomic mass is 32.2. The highest BCUT2D eigenvalue weighted by molar-refractivity contribution is 8.27. The van der Waals surface area contributed by atoms with Gasteiger partial charge in [-0.05, 0) is 48.9 Å². The van der Waals surface area contributed by atoms with Crippen molar-refractivity contribution in [1.29, 1.82) is 5.41 Å². The SMILES string of the molecule is CCC(CC)C1=NN2C(=N)C(=Cc3coc4ccc(O)cc4c3=O)C(=O)N=C2S1. The number of aliphatic imine (C=N–C) groups is 1. The normalized spacial score (nSPS) is 17.9. The lowest BCUT2D eigenvalue weighted by atomic mass is 10.1. The van der Waals surface area contributed by atoms with Crippen LogP contribution < -0.4 is 5.43 Å². The first-order valence-electron chi connectivity index (χ1n) is 9.17. The Morgan fingerprint density at radius 3 is 2.79 bits per heavy atom. The van der Waals surface area contributed by atoms with Crippen molar-refractivity contribution in [2.24, 2.45) is 16.0 Å². The molecule has 1 amide bonds. The number of rotatable bonds is 4. The summed E-state index contributed by atoms with van der Waals surface area (Å²) in [5.74, 6) is -0.569. The van der Waals surface area contributed by atoms with E-state index in [2.05, 4.69) is 23.9 Å². The molecule has 2 aliphatic rings. The summed E-state index contributed by atoms with van der Waals surface area (Å²) < 4.78 is 5.44. The van der Waals surface area contributed by atoms with E-state index >= 15 is 0 Å². The van der Waals surface area contributed by atoms with Crippen LogP contribution in [-0.4, -0.2) is 32.1 Å². The first-order chi connectivity index (χ1) is 13.9. The van der Waals surface area contributed by atoms with E-state index in [0.29, 0.717) is 10.8 Å². The van der Waals surface area contributed by atoms with Crippen LogP contribution >= 0.6 is 11.8 Å². The van der Waals surface area contributed by atoms with Crippen LogP contribution in [0.2, 0.25) is 0 Å². The Labute approximate surface area is 170 Å². The molecule has 2 N–H and O–H groups in total. The summed E-state index contributed by atoms with van der Waals surface area (Å²) in [6, 6.07) is 4.21. The maximum Gasteiger partial charge on any atom is 0.283 e. The third-order valence-electron chi connectivity index (χ3n) is 4.89. The quantitative estimate of drug-likeness (QED) is 0.744. The molecule has 0 atom stereocenters. The number of benzene rings is 1. The molecule has 3 heterocycles. The van der Waals surface area contributed by atoms with Crippen molar-refractivity contribution in [3.8, 4) is 5.75 Å². The van der Waals surface area contributed by atoms with E-state index in [4.69, 9.17) is 9.83 Å². The van der Waals surface area contributed by atoms with Crippen LogP contribution in [0.15, 0.2) is 49.3 Å². The van der Waals surface area contributed by atoms with E-state index in [1.165, 1.54) is 47.3 Å². The fourth-order valence-electron chi connectivity index (χ4n) is 3.20. The van der Waals surface area contributed by atoms with Crippen molar-refractivity contribution in [1.82, 2.24) is 5.01 Å². The van der Waals surface area contributed by atoms with Gasteiger partial charge in [0.15, 0.2) is 11.3 Å². The average molecular weight is 410 g/mol. The Morgan fingerprint density at radius 2 is 2.07 bits per heavy atom. The molecule has 0 radical (unpaired) electrons. The van der Waals surface area contributed by atoms with E-state index in [9.17, 15) is 14.7 Å². The van der Waals surface area contributed by atoms with E-state index in [1.807, 2.05) is 0 Å². The summed E-state index contributed by atoms with van der Waals surface area (Å²) in [7, 11) is 0. The lowest BCUT2D eigenvalue weighted by molar-refractivity contribution is -0.114. The second-order valence-electron chi connectivity index (χ2n) is 6.67. The first kappa shape index (κ1) is 19.1. The van der Waals surface area contributed by atoms with E-state index < -0.39 is 11.3 Å². The molecule has 0 unspecified atom stereocenters. The van der Waals surface area contributed by atoms with Gasteiger partial charge < -0.3 is 9.52 Å². The van der Waals surface area contributed by atoms with Gasteiger partial charge in [-0.2, -0.15) is 15.1 Å². The largest absolute Gasteiger partial charge is 0.508 e. The van der Waals surface area contributed by atoms with Crippen LogP contribution in [0.3, 0.4) is 0 Å². The zero-order chi connectivity index (χ0) is 20.7. The van der Waals surface area contributed by atoms with Crippen molar-refractivity contribution in [2.75, 3.05) is 0 Å². The molecule has 8 nitrogen and oxygen atoms in total. The molecule has 29 heavy (non-hydrogen) atoms. The number of phenols is 1. The summed E-state index contributed by atoms with van der Waals surface area (Å²) in [5.41, 5.74) is -0.0562. The van der Waals surface area contributed by atoms with Gasteiger partial charge in [-0.25, -0.2) is 0 Å². The monoisotopic (exact) mass is 410 g/mol. The van der Waals surface area contributed by atoms with Crippen LogP contribution in [-0.2, 0) is 4.79 Å². The van der Waals surface area contributed by atoms with Crippen molar-refractivity contribution >= 4 is 50.8 Å². The zero-order valence-electron chi connectivity index (χ0n) is 15.8. The highest BCUT2D eigenvalue weighted by Gasteiger charge is 2.37. The molecule has 2 aliphatic heterocycles. The van der Waals surface area contributed by atoms with Crippen LogP contribution in [0.25, 0.3) is 17.0 Å². The summed E-state index contributed by atoms with van der Waals surface area (Å²) in [5, 5.41) is 25.2. The zero-order valence-corrected chi connectivity index (χ0v) is 16.6. The minimum Gasteiger partial charge on any atom is -0.508 e. The van der Waals surface area contributed by atoms with Crippen molar-refractivity contribution in [2.45, 2.75) is 26.7 Å². The maximum atomic E-state index is 12.7. The second-order valence-corrected chi connectivity index (χ2v) is 7.66. The second kappa shape index (κ2) is 7.32. The molecule has 148 valence electrons. The molecule has 0 saturated heterocycles. The molecule has 1 aromatic heterocycles. The van der Waals surface area contributed by atoms with Gasteiger partial charge in [0.2, 0.25) is 5.17 Å². The molecular weight excluding hydrogens is 392 g/mol. The number of amides is 1. The predicted molar refractivity (Wildman–Crippen MR) is 113 cm³/mol. The lowest BCUT2D eigenvalue weighted by Crippen LogP contribution is -2.35. The first-order valence-corrected chi connectivity index (χ1v) is 9.99. The number of fused-ring (bicyclic) bond motifs is 2. The van der Waals surface area contributed by atoms with Crippen LogP contribution in [0, 0.1) is 11.3 Å². The van der Waals surface area contributed by atoms with Gasteiger partial charge in [0.05, 0.1) is 16.5 Å². The Hall–Kier alpha value is -3.20. The standard InChI is InChI=1S/C20H18N4O4S/c1-3-10(4-2)19-23-24-17(21)14(18(27)22-20(24)29-19)7-11-9-28-15-6-5-12(25)8-13(15)16(11)26/h5-10,21,25H,3-4H2,1-2H3. The summed E-state index contributed by atoms with van der Waals surface area (Å²) >= 11 is 1.30. The van der Waals surface area contributed by atoms with Gasteiger partial charge in [0.25, 0.3) is 5.91 Å². The number of amidine groups is 2. The van der Waals surface area contributed by atoms with E-state index in [1.54, 1.807) is 0 Å². The minimum absolute atomic E-state index is 0.0456. The number of carbonyl (C=O) groups is 1. The summed E-state index contributed by atoms with van der Waals surface area (Å²) in [6.45, 7) is 4.13. The smallest absolute Gasteiger partial charge is 0.283 e. The van der Waals surface area contributed by atoms with Gasteiger partial charge in [0.1, 0.15) is 22.6 Å². The van der Waals surface area contributed by atoms with Crippen molar-refractivity contribution in [3.05, 3.63) is 45.8 Å². The number of phenolic OH excluding ortho intramolecular Hbond substituents is 1. The van der Waals surface area contributed by atoms with Crippen LogP contribution in [0.5, 0.6) is 5.75 Å². The number of hydrogen-bond acceptors (Lipinski definition) is 7. The third kappa shape index (κ3) is 3.27. The lowest BCUT2D eigenvalue weighted by Gasteiger charge is -2.20. The molecule has 1 aromatic carbocycles. The van der Waals surface area contributed by atoms with Gasteiger partial charge in [-0.3, -0.25) is 15.0 Å². The van der Waals surface area contributed by atoms with Gasteiger partial charge in [0, 0.05) is 5.92 Å². The molecular formula is C20H18N4O4S. The minimum atomic E-state index is -0.606. The van der Waals surface area contributed by atoms with Crippen LogP contribution in [0.4, 0.5) is 0 Å². The number of nitrogens with zero attached hydrogens (tertiary/aromatic N) is 3. The molecule has 0 saturated carbocycles. The Bertz CT molecular complexity index is 1190. The fraction of sp³-hybridized carbons (Fsp3) is 0.250. The Morgan fingerprint density at radius 1 is 1.31 bits per heavy atom. The molecule has 0 spiro atoms. The van der Waals surface area contributed by atoms with E-state index in [0.717, 1.165) is 17.9 Å². The summed E-state index contributed by atoms with van der Waals surface area (Å²) in [6.07, 6.45) is 4.32.